The lowest BCUT2D eigenvalue weighted by Gasteiger charge is -2.06. The minimum atomic E-state index is -0.369. The van der Waals surface area contributed by atoms with Crippen molar-refractivity contribution < 1.29 is 9.59 Å². The van der Waals surface area contributed by atoms with Gasteiger partial charge in [-0.1, -0.05) is 6.07 Å². The molecule has 7 heteroatoms. The molecule has 0 fully saturated rings. The number of aromatic amines is 1. The molecule has 5 N–H and O–H groups in total. The molecule has 0 radical (unpaired) electrons. The summed E-state index contributed by atoms with van der Waals surface area (Å²) in [5, 5.41) is 12.6. The molecule has 0 bridgehead atoms. The number of amides is 2. The average molecular weight is 247 g/mol. The minimum Gasteiger partial charge on any atom is -0.346 e. The predicted molar refractivity (Wildman–Crippen MR) is 66.8 cm³/mol. The molecule has 0 aliphatic carbocycles. The zero-order valence-electron chi connectivity index (χ0n) is 9.56. The van der Waals surface area contributed by atoms with Crippen molar-refractivity contribution in [3.8, 4) is 0 Å². The Morgan fingerprint density at radius 2 is 2.17 bits per heavy atom. The quantitative estimate of drug-likeness (QED) is 0.587. The summed E-state index contributed by atoms with van der Waals surface area (Å²) < 4.78 is 0. The molecule has 0 aliphatic heterocycles. The number of fused-ring (bicyclic) bond motifs is 1. The first-order valence-electron chi connectivity index (χ1n) is 5.39. The summed E-state index contributed by atoms with van der Waals surface area (Å²) in [4.78, 5) is 22.5. The van der Waals surface area contributed by atoms with Crippen molar-refractivity contribution in [2.45, 2.75) is 0 Å². The fourth-order valence-corrected chi connectivity index (χ4v) is 1.52. The van der Waals surface area contributed by atoms with Crippen molar-refractivity contribution in [3.05, 3.63) is 24.4 Å². The molecule has 0 spiro atoms. The summed E-state index contributed by atoms with van der Waals surface area (Å²) in [5.74, 6) is -0.683. The third kappa shape index (κ3) is 2.64. The first kappa shape index (κ1) is 12.1. The highest BCUT2D eigenvalue weighted by Crippen LogP contribution is 2.20. The molecule has 1 heterocycles. The second kappa shape index (κ2) is 5.28. The SMILES string of the molecule is NCC(=O)NCC(=O)Nc1cccc2[nH]ncc12. The van der Waals surface area contributed by atoms with Crippen LogP contribution in [0, 0.1) is 0 Å². The smallest absolute Gasteiger partial charge is 0.243 e. The van der Waals surface area contributed by atoms with Crippen LogP contribution >= 0.6 is 0 Å². The van der Waals surface area contributed by atoms with Gasteiger partial charge in [0, 0.05) is 5.39 Å². The van der Waals surface area contributed by atoms with Gasteiger partial charge in [0.1, 0.15) is 0 Å². The lowest BCUT2D eigenvalue weighted by Crippen LogP contribution is -2.36. The van der Waals surface area contributed by atoms with Gasteiger partial charge in [-0.05, 0) is 12.1 Å². The Kier molecular flexibility index (Phi) is 3.54. The van der Waals surface area contributed by atoms with Crippen LogP contribution in [0.2, 0.25) is 0 Å². The van der Waals surface area contributed by atoms with Crippen molar-refractivity contribution in [3.63, 3.8) is 0 Å². The number of hydrogen-bond acceptors (Lipinski definition) is 4. The fraction of sp³-hybridized carbons (Fsp3) is 0.182. The Labute approximate surface area is 103 Å². The minimum absolute atomic E-state index is 0.107. The molecule has 0 unspecified atom stereocenters. The first-order chi connectivity index (χ1) is 8.70. The van der Waals surface area contributed by atoms with E-state index in [1.807, 2.05) is 6.07 Å². The van der Waals surface area contributed by atoms with E-state index in [1.165, 1.54) is 0 Å². The third-order valence-corrected chi connectivity index (χ3v) is 2.39. The van der Waals surface area contributed by atoms with E-state index in [0.717, 1.165) is 10.9 Å². The Morgan fingerprint density at radius 3 is 2.94 bits per heavy atom. The number of H-pyrrole nitrogens is 1. The number of nitrogens with one attached hydrogen (secondary N) is 3. The first-order valence-corrected chi connectivity index (χ1v) is 5.39. The normalized spacial score (nSPS) is 10.3. The topological polar surface area (TPSA) is 113 Å². The van der Waals surface area contributed by atoms with Gasteiger partial charge in [0.2, 0.25) is 11.8 Å². The maximum Gasteiger partial charge on any atom is 0.243 e. The monoisotopic (exact) mass is 247 g/mol. The maximum atomic E-state index is 11.6. The van der Waals surface area contributed by atoms with E-state index >= 15 is 0 Å². The molecule has 2 rings (SSSR count). The van der Waals surface area contributed by atoms with Gasteiger partial charge < -0.3 is 16.4 Å². The van der Waals surface area contributed by atoms with Crippen molar-refractivity contribution in [1.29, 1.82) is 0 Å². The zero-order valence-corrected chi connectivity index (χ0v) is 9.56. The Balaban J connectivity index is 2.03. The fourth-order valence-electron chi connectivity index (χ4n) is 1.52. The second-order valence-electron chi connectivity index (χ2n) is 3.67. The summed E-state index contributed by atoms with van der Waals surface area (Å²) in [6.07, 6.45) is 1.63. The van der Waals surface area contributed by atoms with Crippen LogP contribution in [-0.4, -0.2) is 35.1 Å². The van der Waals surface area contributed by atoms with Crippen LogP contribution in [0.15, 0.2) is 24.4 Å². The molecule has 0 atom stereocenters. The number of carbonyl (C=O) groups excluding carboxylic acids is 2. The van der Waals surface area contributed by atoms with E-state index in [9.17, 15) is 9.59 Å². The van der Waals surface area contributed by atoms with Crippen LogP contribution < -0.4 is 16.4 Å². The largest absolute Gasteiger partial charge is 0.346 e. The van der Waals surface area contributed by atoms with Crippen molar-refractivity contribution >= 4 is 28.4 Å². The molecular weight excluding hydrogens is 234 g/mol. The van der Waals surface area contributed by atoms with Crippen molar-refractivity contribution in [2.75, 3.05) is 18.4 Å². The highest BCUT2D eigenvalue weighted by molar-refractivity contribution is 6.02. The number of rotatable bonds is 4. The van der Waals surface area contributed by atoms with Gasteiger partial charge in [-0.25, -0.2) is 0 Å². The number of nitrogens with zero attached hydrogens (tertiary/aromatic N) is 1. The molecule has 2 amide bonds. The van der Waals surface area contributed by atoms with E-state index in [1.54, 1.807) is 18.3 Å². The average Bonchev–Trinajstić information content (AvgIpc) is 2.85. The van der Waals surface area contributed by atoms with Gasteiger partial charge in [-0.15, -0.1) is 0 Å². The lowest BCUT2D eigenvalue weighted by molar-refractivity contribution is -0.123. The van der Waals surface area contributed by atoms with Gasteiger partial charge in [-0.3, -0.25) is 14.7 Å². The Bertz CT molecular complexity index is 578. The highest BCUT2D eigenvalue weighted by Gasteiger charge is 2.07. The number of hydrogen-bond donors (Lipinski definition) is 4. The molecule has 0 saturated heterocycles. The van der Waals surface area contributed by atoms with E-state index in [4.69, 9.17) is 5.73 Å². The zero-order chi connectivity index (χ0) is 13.0. The standard InChI is InChI=1S/C11H13N5O2/c12-4-10(17)13-6-11(18)15-8-2-1-3-9-7(8)5-14-16-9/h1-3,5H,4,6,12H2,(H,13,17)(H,14,16)(H,15,18). The summed E-state index contributed by atoms with van der Waals surface area (Å²) in [5.41, 5.74) is 6.59. The van der Waals surface area contributed by atoms with Crippen LogP contribution in [0.3, 0.4) is 0 Å². The van der Waals surface area contributed by atoms with Gasteiger partial charge in [0.15, 0.2) is 0 Å². The van der Waals surface area contributed by atoms with E-state index in [-0.39, 0.29) is 24.9 Å². The molecule has 1 aromatic heterocycles. The Hall–Kier alpha value is -2.41. The lowest BCUT2D eigenvalue weighted by atomic mass is 10.2. The molecule has 0 aliphatic rings. The summed E-state index contributed by atoms with van der Waals surface area (Å²) >= 11 is 0. The van der Waals surface area contributed by atoms with Gasteiger partial charge >= 0.3 is 0 Å². The number of nitrogens with two attached hydrogens (primary N) is 1. The van der Waals surface area contributed by atoms with Crippen molar-refractivity contribution in [2.24, 2.45) is 5.73 Å². The Morgan fingerprint density at radius 1 is 1.33 bits per heavy atom. The van der Waals surface area contributed by atoms with Crippen LogP contribution in [0.4, 0.5) is 5.69 Å². The maximum absolute atomic E-state index is 11.6. The summed E-state index contributed by atoms with van der Waals surface area (Å²) in [6, 6.07) is 5.42. The second-order valence-corrected chi connectivity index (χ2v) is 3.67. The number of aromatic nitrogens is 2. The van der Waals surface area contributed by atoms with E-state index in [0.29, 0.717) is 5.69 Å². The summed E-state index contributed by atoms with van der Waals surface area (Å²) in [6.45, 7) is -0.241. The van der Waals surface area contributed by atoms with Gasteiger partial charge in [0.25, 0.3) is 0 Å². The molecule has 0 saturated carbocycles. The summed E-state index contributed by atoms with van der Waals surface area (Å²) in [7, 11) is 0. The molecular formula is C11H13N5O2. The van der Waals surface area contributed by atoms with Crippen molar-refractivity contribution in [1.82, 2.24) is 15.5 Å². The van der Waals surface area contributed by atoms with Gasteiger partial charge in [0.05, 0.1) is 30.5 Å². The van der Waals surface area contributed by atoms with Crippen LogP contribution in [-0.2, 0) is 9.59 Å². The number of anilines is 1. The van der Waals surface area contributed by atoms with Crippen LogP contribution in [0.25, 0.3) is 10.9 Å². The van der Waals surface area contributed by atoms with E-state index < -0.39 is 0 Å². The van der Waals surface area contributed by atoms with E-state index in [2.05, 4.69) is 20.8 Å². The molecule has 94 valence electrons. The molecule has 1 aromatic carbocycles. The van der Waals surface area contributed by atoms with Gasteiger partial charge in [-0.2, -0.15) is 5.10 Å². The van der Waals surface area contributed by atoms with Crippen LogP contribution in [0.5, 0.6) is 0 Å². The molecule has 7 nitrogen and oxygen atoms in total. The molecule has 18 heavy (non-hydrogen) atoms. The number of carbonyl (C=O) groups is 2. The number of benzene rings is 1. The highest BCUT2D eigenvalue weighted by atomic mass is 16.2. The predicted octanol–water partition coefficient (Wildman–Crippen LogP) is -0.424. The third-order valence-electron chi connectivity index (χ3n) is 2.39. The van der Waals surface area contributed by atoms with Crippen LogP contribution in [0.1, 0.15) is 0 Å². The molecule has 2 aromatic rings.